The molecule has 1 aliphatic carbocycles. The molecule has 1 aromatic rings. The molecule has 0 atom stereocenters. The fraction of sp³-hybridized carbons (Fsp3) is 0.278. The van der Waals surface area contributed by atoms with E-state index in [0.29, 0.717) is 18.4 Å². The summed E-state index contributed by atoms with van der Waals surface area (Å²) in [4.78, 5) is 24.1. The van der Waals surface area contributed by atoms with Gasteiger partial charge >= 0.3 is 0 Å². The average Bonchev–Trinajstić information content (AvgIpc) is 2.53. The van der Waals surface area contributed by atoms with Crippen LogP contribution >= 0.6 is 0 Å². The second-order valence-electron chi connectivity index (χ2n) is 5.64. The number of para-hydroxylation sites is 1. The Morgan fingerprint density at radius 3 is 2.32 bits per heavy atom. The normalized spacial score (nSPS) is 18.5. The highest BCUT2D eigenvalue weighted by Crippen LogP contribution is 2.40. The van der Waals surface area contributed by atoms with Crippen LogP contribution in [0.2, 0.25) is 0 Å². The van der Waals surface area contributed by atoms with Gasteiger partial charge in [0.2, 0.25) is 0 Å². The Balaban J connectivity index is 2.33. The minimum Gasteiger partial charge on any atom is -0.361 e. The Hall–Kier alpha value is -2.49. The molecule has 0 amide bonds. The minimum absolute atomic E-state index is 0.141. The first-order chi connectivity index (χ1) is 10.5. The van der Waals surface area contributed by atoms with Crippen molar-refractivity contribution in [1.29, 1.82) is 5.41 Å². The van der Waals surface area contributed by atoms with Crippen molar-refractivity contribution in [2.45, 2.75) is 26.7 Å². The number of hydrogen-bond donors (Lipinski definition) is 2. The highest BCUT2D eigenvalue weighted by molar-refractivity contribution is 6.07. The van der Waals surface area contributed by atoms with Crippen molar-refractivity contribution in [2.75, 3.05) is 5.32 Å². The quantitative estimate of drug-likeness (QED) is 0.645. The molecule has 0 radical (unpaired) electrons. The van der Waals surface area contributed by atoms with E-state index in [1.165, 1.54) is 20.1 Å². The van der Waals surface area contributed by atoms with Crippen molar-refractivity contribution in [3.05, 3.63) is 53.8 Å². The van der Waals surface area contributed by atoms with Crippen LogP contribution in [-0.2, 0) is 9.59 Å². The van der Waals surface area contributed by atoms with Gasteiger partial charge in [-0.15, -0.1) is 0 Å². The van der Waals surface area contributed by atoms with Gasteiger partial charge in [0, 0.05) is 18.1 Å². The van der Waals surface area contributed by atoms with Crippen LogP contribution in [0, 0.1) is 10.8 Å². The Morgan fingerprint density at radius 2 is 1.77 bits per heavy atom. The van der Waals surface area contributed by atoms with E-state index in [1.54, 1.807) is 6.20 Å². The van der Waals surface area contributed by atoms with Gasteiger partial charge in [0.05, 0.1) is 5.41 Å². The van der Waals surface area contributed by atoms with Gasteiger partial charge < -0.3 is 10.7 Å². The number of ketones is 2. The Bertz CT molecular complexity index is 643. The third kappa shape index (κ3) is 3.22. The number of nitrogens with one attached hydrogen (secondary N) is 2. The molecule has 2 N–H and O–H groups in total. The summed E-state index contributed by atoms with van der Waals surface area (Å²) in [5, 5.41) is 10.6. The highest BCUT2D eigenvalue weighted by Gasteiger charge is 2.43. The molecule has 0 saturated carbocycles. The maximum Gasteiger partial charge on any atom is 0.144 e. The predicted molar refractivity (Wildman–Crippen MR) is 88.0 cm³/mol. The predicted octanol–water partition coefficient (Wildman–Crippen LogP) is 3.52. The van der Waals surface area contributed by atoms with E-state index < -0.39 is 5.41 Å². The van der Waals surface area contributed by atoms with Crippen LogP contribution in [0.25, 0.3) is 0 Å². The van der Waals surface area contributed by atoms with Crippen molar-refractivity contribution >= 4 is 23.5 Å². The van der Waals surface area contributed by atoms with E-state index in [-0.39, 0.29) is 11.6 Å². The molecule has 2 rings (SSSR count). The standard InChI is InChI=1S/C18H20N2O2/c1-13(21)18(14(2)22)9-15(11-19)8-16(10-18)12-20-17-6-4-3-5-7-17/h3-8,11-12,19-20H,9-10H2,1-2H3/b16-12-,19-11?. The van der Waals surface area contributed by atoms with Crippen LogP contribution in [-0.4, -0.2) is 17.8 Å². The maximum atomic E-state index is 12.1. The van der Waals surface area contributed by atoms with Crippen LogP contribution in [0.4, 0.5) is 5.69 Å². The molecular formula is C18H20N2O2. The monoisotopic (exact) mass is 296 g/mol. The van der Waals surface area contributed by atoms with E-state index in [1.807, 2.05) is 36.4 Å². The lowest BCUT2D eigenvalue weighted by Gasteiger charge is -2.33. The second kappa shape index (κ2) is 6.52. The zero-order valence-corrected chi connectivity index (χ0v) is 12.8. The summed E-state index contributed by atoms with van der Waals surface area (Å²) in [5.74, 6) is -0.281. The molecule has 0 saturated heterocycles. The molecule has 0 aliphatic heterocycles. The fourth-order valence-corrected chi connectivity index (χ4v) is 2.74. The molecule has 0 unspecified atom stereocenters. The van der Waals surface area contributed by atoms with Gasteiger partial charge in [0.15, 0.2) is 0 Å². The molecule has 114 valence electrons. The highest BCUT2D eigenvalue weighted by atomic mass is 16.2. The zero-order valence-electron chi connectivity index (χ0n) is 12.8. The molecule has 0 aromatic heterocycles. The SMILES string of the molecule is CC(=O)C1(C(C)=O)CC(C=N)=C/C(=C/Nc2ccccc2)C1. The van der Waals surface area contributed by atoms with Gasteiger partial charge in [-0.2, -0.15) is 0 Å². The van der Waals surface area contributed by atoms with Crippen molar-refractivity contribution in [3.8, 4) is 0 Å². The van der Waals surface area contributed by atoms with Gasteiger partial charge in [-0.05, 0) is 50.0 Å². The first-order valence-corrected chi connectivity index (χ1v) is 7.22. The first kappa shape index (κ1) is 15.9. The summed E-state index contributed by atoms with van der Waals surface area (Å²) in [6.07, 6.45) is 5.57. The number of carbonyl (C=O) groups excluding carboxylic acids is 2. The maximum absolute atomic E-state index is 12.1. The Morgan fingerprint density at radius 1 is 1.14 bits per heavy atom. The Kier molecular flexibility index (Phi) is 4.71. The van der Waals surface area contributed by atoms with E-state index in [2.05, 4.69) is 5.32 Å². The smallest absolute Gasteiger partial charge is 0.144 e. The van der Waals surface area contributed by atoms with Crippen LogP contribution < -0.4 is 5.32 Å². The van der Waals surface area contributed by atoms with Gasteiger partial charge in [0.25, 0.3) is 0 Å². The van der Waals surface area contributed by atoms with E-state index in [0.717, 1.165) is 11.3 Å². The van der Waals surface area contributed by atoms with Crippen molar-refractivity contribution < 1.29 is 9.59 Å². The largest absolute Gasteiger partial charge is 0.361 e. The van der Waals surface area contributed by atoms with Gasteiger partial charge in [-0.25, -0.2) is 0 Å². The molecule has 0 heterocycles. The number of carbonyl (C=O) groups is 2. The molecule has 0 spiro atoms. The zero-order chi connectivity index (χ0) is 16.2. The molecule has 4 heteroatoms. The lowest BCUT2D eigenvalue weighted by molar-refractivity contribution is -0.138. The fourth-order valence-electron chi connectivity index (χ4n) is 2.74. The van der Waals surface area contributed by atoms with Crippen molar-refractivity contribution in [1.82, 2.24) is 0 Å². The summed E-state index contributed by atoms with van der Waals surface area (Å²) < 4.78 is 0. The minimum atomic E-state index is -1.04. The lowest BCUT2D eigenvalue weighted by atomic mass is 9.68. The topological polar surface area (TPSA) is 70.0 Å². The van der Waals surface area contributed by atoms with Gasteiger partial charge in [0.1, 0.15) is 11.6 Å². The number of Topliss-reactive ketones (excluding diaryl/α,β-unsaturated/α-hetero) is 2. The summed E-state index contributed by atoms with van der Waals surface area (Å²) in [7, 11) is 0. The van der Waals surface area contributed by atoms with E-state index in [9.17, 15) is 9.59 Å². The second-order valence-corrected chi connectivity index (χ2v) is 5.64. The van der Waals surface area contributed by atoms with Crippen LogP contribution in [0.1, 0.15) is 26.7 Å². The first-order valence-electron chi connectivity index (χ1n) is 7.22. The van der Waals surface area contributed by atoms with Crippen LogP contribution in [0.3, 0.4) is 0 Å². The number of allylic oxidation sites excluding steroid dienone is 3. The Labute approximate surface area is 130 Å². The third-order valence-electron chi connectivity index (χ3n) is 4.11. The molecule has 4 nitrogen and oxygen atoms in total. The van der Waals surface area contributed by atoms with Crippen molar-refractivity contribution in [3.63, 3.8) is 0 Å². The lowest BCUT2D eigenvalue weighted by Crippen LogP contribution is -2.39. The number of benzene rings is 1. The average molecular weight is 296 g/mol. The molecule has 1 aromatic carbocycles. The molecule has 0 bridgehead atoms. The van der Waals surface area contributed by atoms with E-state index in [4.69, 9.17) is 5.41 Å². The van der Waals surface area contributed by atoms with Crippen LogP contribution in [0.15, 0.2) is 53.8 Å². The molecule has 0 fully saturated rings. The molecule has 1 aliphatic rings. The summed E-state index contributed by atoms with van der Waals surface area (Å²) in [6, 6.07) is 9.66. The molecular weight excluding hydrogens is 276 g/mol. The third-order valence-corrected chi connectivity index (χ3v) is 4.11. The van der Waals surface area contributed by atoms with Crippen LogP contribution in [0.5, 0.6) is 0 Å². The summed E-state index contributed by atoms with van der Waals surface area (Å²) in [6.45, 7) is 2.91. The van der Waals surface area contributed by atoms with Gasteiger partial charge in [-0.3, -0.25) is 9.59 Å². The summed E-state index contributed by atoms with van der Waals surface area (Å²) >= 11 is 0. The van der Waals surface area contributed by atoms with Gasteiger partial charge in [-0.1, -0.05) is 24.3 Å². The van der Waals surface area contributed by atoms with E-state index >= 15 is 0 Å². The number of anilines is 1. The summed E-state index contributed by atoms with van der Waals surface area (Å²) in [5.41, 5.74) is 1.43. The molecule has 22 heavy (non-hydrogen) atoms. The van der Waals surface area contributed by atoms with Crippen molar-refractivity contribution in [2.24, 2.45) is 5.41 Å². The number of rotatable bonds is 5. The number of hydrogen-bond acceptors (Lipinski definition) is 4.